The molecule has 2 amide bonds. The van der Waals surface area contributed by atoms with Gasteiger partial charge in [-0.05, 0) is 69.3 Å². The first-order valence-electron chi connectivity index (χ1n) is 10.0. The minimum Gasteiger partial charge on any atom is -0.493 e. The standard InChI is InChI=1S/C23H24Cl2N4O3/c1-14-12-15(2)29(28-14)16(3)23(31)27-21-9-6-18(13-20(21)25)26-22(30)10-11-32-19-7-4-17(24)5-8-19/h4-9,12-13,16H,10-11H2,1-3H3,(H,26,30)(H,27,31). The highest BCUT2D eigenvalue weighted by Gasteiger charge is 2.19. The molecule has 2 aromatic carbocycles. The zero-order valence-corrected chi connectivity index (χ0v) is 19.5. The fourth-order valence-electron chi connectivity index (χ4n) is 3.10. The molecule has 0 fully saturated rings. The second kappa shape index (κ2) is 10.5. The Balaban J connectivity index is 1.52. The average Bonchev–Trinajstić information content (AvgIpc) is 3.08. The molecule has 0 spiro atoms. The summed E-state index contributed by atoms with van der Waals surface area (Å²) in [5, 5.41) is 10.9. The fourth-order valence-corrected chi connectivity index (χ4v) is 3.45. The summed E-state index contributed by atoms with van der Waals surface area (Å²) in [5.41, 5.74) is 2.72. The van der Waals surface area contributed by atoms with Gasteiger partial charge in [-0.2, -0.15) is 5.10 Å². The van der Waals surface area contributed by atoms with Crippen LogP contribution in [0.2, 0.25) is 10.0 Å². The maximum absolute atomic E-state index is 12.6. The van der Waals surface area contributed by atoms with Crippen molar-refractivity contribution >= 4 is 46.4 Å². The van der Waals surface area contributed by atoms with Gasteiger partial charge in [-0.1, -0.05) is 23.2 Å². The molecule has 3 aromatic rings. The molecule has 3 rings (SSSR count). The molecule has 1 heterocycles. The van der Waals surface area contributed by atoms with Crippen LogP contribution in [0.1, 0.15) is 30.8 Å². The van der Waals surface area contributed by atoms with E-state index in [2.05, 4.69) is 15.7 Å². The predicted molar refractivity (Wildman–Crippen MR) is 127 cm³/mol. The van der Waals surface area contributed by atoms with Crippen LogP contribution in [0.25, 0.3) is 0 Å². The van der Waals surface area contributed by atoms with Crippen LogP contribution in [0, 0.1) is 13.8 Å². The summed E-state index contributed by atoms with van der Waals surface area (Å²) in [6, 6.07) is 13.2. The normalized spacial score (nSPS) is 11.7. The summed E-state index contributed by atoms with van der Waals surface area (Å²) in [6.45, 7) is 5.76. The van der Waals surface area contributed by atoms with E-state index in [1.165, 1.54) is 0 Å². The third-order valence-electron chi connectivity index (χ3n) is 4.71. The zero-order valence-electron chi connectivity index (χ0n) is 18.0. The van der Waals surface area contributed by atoms with E-state index >= 15 is 0 Å². The summed E-state index contributed by atoms with van der Waals surface area (Å²) in [5.74, 6) is 0.180. The summed E-state index contributed by atoms with van der Waals surface area (Å²) < 4.78 is 7.19. The van der Waals surface area contributed by atoms with Crippen LogP contribution in [-0.4, -0.2) is 28.2 Å². The number of carbonyl (C=O) groups is 2. The number of hydrogen-bond acceptors (Lipinski definition) is 4. The molecule has 9 heteroatoms. The molecule has 0 saturated carbocycles. The Morgan fingerprint density at radius 2 is 1.78 bits per heavy atom. The van der Waals surface area contributed by atoms with Crippen LogP contribution in [0.4, 0.5) is 11.4 Å². The minimum absolute atomic E-state index is 0.166. The lowest BCUT2D eigenvalue weighted by Gasteiger charge is -2.16. The minimum atomic E-state index is -0.500. The Labute approximate surface area is 196 Å². The molecule has 0 radical (unpaired) electrons. The molecule has 0 aliphatic heterocycles. The summed E-state index contributed by atoms with van der Waals surface area (Å²) >= 11 is 12.1. The number of hydrogen-bond donors (Lipinski definition) is 2. The molecular weight excluding hydrogens is 451 g/mol. The summed E-state index contributed by atoms with van der Waals surface area (Å²) in [6.07, 6.45) is 0.166. The van der Waals surface area contributed by atoms with Gasteiger partial charge in [0.15, 0.2) is 0 Å². The van der Waals surface area contributed by atoms with Gasteiger partial charge in [0.25, 0.3) is 0 Å². The van der Waals surface area contributed by atoms with E-state index in [1.54, 1.807) is 54.1 Å². The number of carbonyl (C=O) groups excluding carboxylic acids is 2. The van der Waals surface area contributed by atoms with E-state index in [1.807, 2.05) is 19.9 Å². The van der Waals surface area contributed by atoms with E-state index < -0.39 is 6.04 Å². The smallest absolute Gasteiger partial charge is 0.248 e. The number of aromatic nitrogens is 2. The number of ether oxygens (including phenoxy) is 1. The molecule has 32 heavy (non-hydrogen) atoms. The molecule has 0 aliphatic rings. The largest absolute Gasteiger partial charge is 0.493 e. The number of amides is 2. The molecule has 1 unspecified atom stereocenters. The monoisotopic (exact) mass is 474 g/mol. The molecule has 7 nitrogen and oxygen atoms in total. The summed E-state index contributed by atoms with van der Waals surface area (Å²) in [4.78, 5) is 24.8. The van der Waals surface area contributed by atoms with Crippen LogP contribution in [0.15, 0.2) is 48.5 Å². The first-order valence-corrected chi connectivity index (χ1v) is 10.8. The van der Waals surface area contributed by atoms with Gasteiger partial charge in [0.1, 0.15) is 11.8 Å². The van der Waals surface area contributed by atoms with Gasteiger partial charge in [-0.3, -0.25) is 14.3 Å². The SMILES string of the molecule is Cc1cc(C)n(C(C)C(=O)Nc2ccc(NC(=O)CCOc3ccc(Cl)cc3)cc2Cl)n1. The molecular formula is C23H24Cl2N4O3. The van der Waals surface area contributed by atoms with Crippen molar-refractivity contribution in [1.82, 2.24) is 9.78 Å². The lowest BCUT2D eigenvalue weighted by Crippen LogP contribution is -2.25. The van der Waals surface area contributed by atoms with Gasteiger partial charge >= 0.3 is 0 Å². The quantitative estimate of drug-likeness (QED) is 0.456. The van der Waals surface area contributed by atoms with E-state index in [0.717, 1.165) is 11.4 Å². The van der Waals surface area contributed by atoms with Crippen LogP contribution >= 0.6 is 23.2 Å². The van der Waals surface area contributed by atoms with Crippen molar-refractivity contribution in [3.63, 3.8) is 0 Å². The Kier molecular flexibility index (Phi) is 7.77. The molecule has 2 N–H and O–H groups in total. The number of aryl methyl sites for hydroxylation is 2. The van der Waals surface area contributed by atoms with E-state index in [-0.39, 0.29) is 24.8 Å². The Bertz CT molecular complexity index is 1110. The summed E-state index contributed by atoms with van der Waals surface area (Å²) in [7, 11) is 0. The lowest BCUT2D eigenvalue weighted by molar-refractivity contribution is -0.119. The van der Waals surface area contributed by atoms with Crippen LogP contribution < -0.4 is 15.4 Å². The van der Waals surface area contributed by atoms with E-state index in [9.17, 15) is 9.59 Å². The van der Waals surface area contributed by atoms with Crippen molar-refractivity contribution in [2.45, 2.75) is 33.2 Å². The highest BCUT2D eigenvalue weighted by molar-refractivity contribution is 6.34. The molecule has 0 bridgehead atoms. The average molecular weight is 475 g/mol. The second-order valence-corrected chi connectivity index (χ2v) is 8.18. The highest BCUT2D eigenvalue weighted by atomic mass is 35.5. The number of nitrogens with one attached hydrogen (secondary N) is 2. The third kappa shape index (κ3) is 6.24. The molecule has 1 atom stereocenters. The van der Waals surface area contributed by atoms with Crippen molar-refractivity contribution in [2.24, 2.45) is 0 Å². The number of rotatable bonds is 8. The molecule has 0 aliphatic carbocycles. The molecule has 168 valence electrons. The van der Waals surface area contributed by atoms with E-state index in [0.29, 0.717) is 27.2 Å². The Morgan fingerprint density at radius 3 is 2.41 bits per heavy atom. The Morgan fingerprint density at radius 1 is 1.06 bits per heavy atom. The lowest BCUT2D eigenvalue weighted by atomic mass is 10.2. The maximum Gasteiger partial charge on any atom is 0.248 e. The maximum atomic E-state index is 12.6. The van der Waals surface area contributed by atoms with Crippen molar-refractivity contribution in [3.05, 3.63) is 70.0 Å². The van der Waals surface area contributed by atoms with Crippen molar-refractivity contribution < 1.29 is 14.3 Å². The van der Waals surface area contributed by atoms with Gasteiger partial charge in [0, 0.05) is 16.4 Å². The van der Waals surface area contributed by atoms with E-state index in [4.69, 9.17) is 27.9 Å². The predicted octanol–water partition coefficient (Wildman–Crippen LogP) is 5.41. The van der Waals surface area contributed by atoms with Gasteiger partial charge in [-0.15, -0.1) is 0 Å². The van der Waals surface area contributed by atoms with Crippen molar-refractivity contribution in [3.8, 4) is 5.75 Å². The molecule has 1 aromatic heterocycles. The highest BCUT2D eigenvalue weighted by Crippen LogP contribution is 2.27. The van der Waals surface area contributed by atoms with Gasteiger partial charge in [0.2, 0.25) is 11.8 Å². The molecule has 0 saturated heterocycles. The Hall–Kier alpha value is -3.03. The second-order valence-electron chi connectivity index (χ2n) is 7.33. The first kappa shape index (κ1) is 23.6. The van der Waals surface area contributed by atoms with Crippen LogP contribution in [-0.2, 0) is 9.59 Å². The number of halogens is 2. The number of benzene rings is 2. The topological polar surface area (TPSA) is 85.2 Å². The first-order chi connectivity index (χ1) is 15.2. The van der Waals surface area contributed by atoms with Crippen molar-refractivity contribution in [1.29, 1.82) is 0 Å². The van der Waals surface area contributed by atoms with Gasteiger partial charge in [0.05, 0.1) is 29.4 Å². The zero-order chi connectivity index (χ0) is 23.3. The van der Waals surface area contributed by atoms with Gasteiger partial charge in [-0.25, -0.2) is 0 Å². The number of nitrogens with zero attached hydrogens (tertiary/aromatic N) is 2. The fraction of sp³-hybridized carbons (Fsp3) is 0.261. The van der Waals surface area contributed by atoms with Crippen molar-refractivity contribution in [2.75, 3.05) is 17.2 Å². The number of anilines is 2. The van der Waals surface area contributed by atoms with Crippen LogP contribution in [0.5, 0.6) is 5.75 Å². The third-order valence-corrected chi connectivity index (χ3v) is 5.28. The van der Waals surface area contributed by atoms with Crippen LogP contribution in [0.3, 0.4) is 0 Å². The van der Waals surface area contributed by atoms with Gasteiger partial charge < -0.3 is 15.4 Å².